The minimum absolute atomic E-state index is 0.195. The smallest absolute Gasteiger partial charge is 0.346 e. The largest absolute Gasteiger partial charge is 0.416 e. The third-order valence-electron chi connectivity index (χ3n) is 6.30. The molecule has 1 aliphatic heterocycles. The van der Waals surface area contributed by atoms with Crippen molar-refractivity contribution in [2.45, 2.75) is 33.1 Å². The van der Waals surface area contributed by atoms with Crippen LogP contribution in [0.5, 0.6) is 0 Å². The number of anilines is 1. The zero-order valence-electron chi connectivity index (χ0n) is 19.9. The van der Waals surface area contributed by atoms with Gasteiger partial charge in [0.25, 0.3) is 0 Å². The zero-order valence-corrected chi connectivity index (χ0v) is 21.4. The van der Waals surface area contributed by atoms with Gasteiger partial charge in [-0.05, 0) is 49.8 Å². The highest BCUT2D eigenvalue weighted by atomic mass is 35.5. The maximum absolute atomic E-state index is 14.2. The van der Waals surface area contributed by atoms with E-state index in [-0.39, 0.29) is 12.4 Å². The summed E-state index contributed by atoms with van der Waals surface area (Å²) >= 11 is 11.8. The van der Waals surface area contributed by atoms with Gasteiger partial charge in [-0.1, -0.05) is 35.9 Å². The van der Waals surface area contributed by atoms with Crippen molar-refractivity contribution in [2.24, 2.45) is 0 Å². The summed E-state index contributed by atoms with van der Waals surface area (Å²) in [6.07, 6.45) is -4.35. The first-order valence-electron chi connectivity index (χ1n) is 11.4. The van der Waals surface area contributed by atoms with Crippen LogP contribution in [0.1, 0.15) is 28.1 Å². The summed E-state index contributed by atoms with van der Waals surface area (Å²) in [6.45, 7) is 6.99. The average Bonchev–Trinajstić information content (AvgIpc) is 3.09. The van der Waals surface area contributed by atoms with Crippen molar-refractivity contribution >= 4 is 34.6 Å². The van der Waals surface area contributed by atoms with Crippen LogP contribution in [0.3, 0.4) is 0 Å². The van der Waals surface area contributed by atoms with Gasteiger partial charge < -0.3 is 10.2 Å². The number of hydrogen-bond acceptors (Lipinski definition) is 3. The lowest BCUT2D eigenvalue weighted by Gasteiger charge is -2.36. The van der Waals surface area contributed by atoms with Crippen LogP contribution in [0, 0.1) is 19.7 Å². The Labute approximate surface area is 217 Å². The maximum Gasteiger partial charge on any atom is 0.416 e. The molecule has 0 bridgehead atoms. The van der Waals surface area contributed by atoms with Crippen molar-refractivity contribution < 1.29 is 17.6 Å². The normalized spacial score (nSPS) is 14.8. The molecule has 0 amide bonds. The summed E-state index contributed by atoms with van der Waals surface area (Å²) in [5.74, 6) is -0.386. The molecule has 0 unspecified atom stereocenters. The number of alkyl halides is 3. The number of benzene rings is 2. The van der Waals surface area contributed by atoms with Gasteiger partial charge in [0.1, 0.15) is 5.82 Å². The van der Waals surface area contributed by atoms with E-state index in [2.05, 4.69) is 15.3 Å². The number of nitrogens with one attached hydrogen (secondary N) is 1. The standard InChI is InChI=1S/C25H26ClF4N5S/c1-16-23(17(2)35(32-16)15-20-21(26)7-4-8-22(20)27)31-24(36)34-11-9-33(10-12-34)14-18-5-3-6-19(13-18)25(28,29)30/h3-8,13H,9-12,14-15H2,1-2H3,(H,31,36). The van der Waals surface area contributed by atoms with Gasteiger partial charge in [-0.2, -0.15) is 18.3 Å². The van der Waals surface area contributed by atoms with Gasteiger partial charge in [0, 0.05) is 43.3 Å². The van der Waals surface area contributed by atoms with Crippen molar-refractivity contribution in [3.8, 4) is 0 Å². The van der Waals surface area contributed by atoms with Crippen molar-refractivity contribution in [1.29, 1.82) is 0 Å². The minimum Gasteiger partial charge on any atom is -0.346 e. The Morgan fingerprint density at radius 3 is 2.42 bits per heavy atom. The molecule has 0 spiro atoms. The Hall–Kier alpha value is -2.69. The molecule has 192 valence electrons. The van der Waals surface area contributed by atoms with Gasteiger partial charge in [-0.3, -0.25) is 9.58 Å². The third-order valence-corrected chi connectivity index (χ3v) is 7.02. The topological polar surface area (TPSA) is 36.3 Å². The molecule has 2 heterocycles. The second-order valence-corrected chi connectivity index (χ2v) is 9.59. The Balaban J connectivity index is 1.36. The molecule has 36 heavy (non-hydrogen) atoms. The molecular weight excluding hydrogens is 514 g/mol. The maximum atomic E-state index is 14.2. The number of rotatable bonds is 5. The average molecular weight is 540 g/mol. The third kappa shape index (κ3) is 5.99. The van der Waals surface area contributed by atoms with Crippen molar-refractivity contribution in [1.82, 2.24) is 19.6 Å². The number of piperazine rings is 1. The molecular formula is C25H26ClF4N5S. The van der Waals surface area contributed by atoms with E-state index in [1.54, 1.807) is 22.9 Å². The van der Waals surface area contributed by atoms with E-state index < -0.39 is 11.7 Å². The Bertz CT molecular complexity index is 1230. The molecule has 1 N–H and O–H groups in total. The lowest BCUT2D eigenvalue weighted by molar-refractivity contribution is -0.137. The van der Waals surface area contributed by atoms with E-state index in [0.29, 0.717) is 54.0 Å². The molecule has 1 saturated heterocycles. The van der Waals surface area contributed by atoms with E-state index in [4.69, 9.17) is 23.8 Å². The van der Waals surface area contributed by atoms with E-state index in [1.807, 2.05) is 18.7 Å². The highest BCUT2D eigenvalue weighted by Gasteiger charge is 2.30. The second-order valence-electron chi connectivity index (χ2n) is 8.80. The summed E-state index contributed by atoms with van der Waals surface area (Å²) in [5, 5.41) is 8.70. The fourth-order valence-corrected chi connectivity index (χ4v) is 4.77. The Kier molecular flexibility index (Phi) is 7.87. The molecule has 0 aliphatic carbocycles. The van der Waals surface area contributed by atoms with Crippen molar-refractivity contribution in [3.05, 3.63) is 81.4 Å². The number of halogens is 5. The van der Waals surface area contributed by atoms with Crippen LogP contribution in [0.15, 0.2) is 42.5 Å². The van der Waals surface area contributed by atoms with Gasteiger partial charge in [-0.15, -0.1) is 0 Å². The van der Waals surface area contributed by atoms with Gasteiger partial charge in [0.15, 0.2) is 5.11 Å². The fourth-order valence-electron chi connectivity index (χ4n) is 4.26. The first kappa shape index (κ1) is 26.4. The van der Waals surface area contributed by atoms with Crippen LogP contribution >= 0.6 is 23.8 Å². The van der Waals surface area contributed by atoms with E-state index in [1.165, 1.54) is 18.2 Å². The quantitative estimate of drug-likeness (QED) is 0.324. The summed E-state index contributed by atoms with van der Waals surface area (Å²) in [7, 11) is 0. The second kappa shape index (κ2) is 10.7. The summed E-state index contributed by atoms with van der Waals surface area (Å²) < 4.78 is 54.9. The van der Waals surface area contributed by atoms with Gasteiger partial charge in [0.2, 0.25) is 0 Å². The Morgan fingerprint density at radius 2 is 1.75 bits per heavy atom. The minimum atomic E-state index is -4.35. The highest BCUT2D eigenvalue weighted by Crippen LogP contribution is 2.30. The fraction of sp³-hybridized carbons (Fsp3) is 0.360. The molecule has 4 rings (SSSR count). The lowest BCUT2D eigenvalue weighted by Crippen LogP contribution is -2.49. The molecule has 11 heteroatoms. The van der Waals surface area contributed by atoms with Crippen LogP contribution in [0.4, 0.5) is 23.2 Å². The predicted octanol–water partition coefficient (Wildman–Crippen LogP) is 5.87. The number of aromatic nitrogens is 2. The zero-order chi connectivity index (χ0) is 26.0. The van der Waals surface area contributed by atoms with Crippen molar-refractivity contribution in [2.75, 3.05) is 31.5 Å². The van der Waals surface area contributed by atoms with Gasteiger partial charge >= 0.3 is 6.18 Å². The monoisotopic (exact) mass is 539 g/mol. The number of thiocarbonyl (C=S) groups is 1. The molecule has 1 fully saturated rings. The number of aryl methyl sites for hydroxylation is 1. The molecule has 2 aromatic carbocycles. The van der Waals surface area contributed by atoms with E-state index >= 15 is 0 Å². The Morgan fingerprint density at radius 1 is 1.06 bits per heavy atom. The molecule has 0 saturated carbocycles. The van der Waals surface area contributed by atoms with E-state index in [0.717, 1.165) is 23.1 Å². The van der Waals surface area contributed by atoms with Crippen LogP contribution in [0.25, 0.3) is 0 Å². The van der Waals surface area contributed by atoms with Gasteiger partial charge in [-0.25, -0.2) is 4.39 Å². The molecule has 0 atom stereocenters. The van der Waals surface area contributed by atoms with E-state index in [9.17, 15) is 17.6 Å². The van der Waals surface area contributed by atoms with Crippen LogP contribution in [-0.2, 0) is 19.3 Å². The SMILES string of the molecule is Cc1nn(Cc2c(F)cccc2Cl)c(C)c1NC(=S)N1CCN(Cc2cccc(C(F)(F)F)c2)CC1. The lowest BCUT2D eigenvalue weighted by atomic mass is 10.1. The summed E-state index contributed by atoms with van der Waals surface area (Å²) in [4.78, 5) is 4.14. The van der Waals surface area contributed by atoms with Gasteiger partial charge in [0.05, 0.1) is 29.2 Å². The molecule has 3 aromatic rings. The molecule has 1 aliphatic rings. The summed E-state index contributed by atoms with van der Waals surface area (Å²) in [6, 6.07) is 10.0. The van der Waals surface area contributed by atoms with Crippen LogP contribution < -0.4 is 5.32 Å². The molecule has 1 aromatic heterocycles. The number of hydrogen-bond donors (Lipinski definition) is 1. The highest BCUT2D eigenvalue weighted by molar-refractivity contribution is 7.80. The van der Waals surface area contributed by atoms with Crippen LogP contribution in [0.2, 0.25) is 5.02 Å². The van der Waals surface area contributed by atoms with Crippen molar-refractivity contribution in [3.63, 3.8) is 0 Å². The first-order valence-corrected chi connectivity index (χ1v) is 12.2. The predicted molar refractivity (Wildman–Crippen MR) is 137 cm³/mol. The molecule has 5 nitrogen and oxygen atoms in total. The molecule has 0 radical (unpaired) electrons. The summed E-state index contributed by atoms with van der Waals surface area (Å²) in [5.41, 5.74) is 2.66. The first-order chi connectivity index (χ1) is 17.0. The van der Waals surface area contributed by atoms with Crippen LogP contribution in [-0.4, -0.2) is 50.9 Å². The number of nitrogens with zero attached hydrogens (tertiary/aromatic N) is 4.